The van der Waals surface area contributed by atoms with E-state index in [1.54, 1.807) is 22.6 Å². The Morgan fingerprint density at radius 2 is 2.08 bits per heavy atom. The first-order chi connectivity index (χ1) is 12.0. The maximum absolute atomic E-state index is 12.6. The number of carbonyl (C=O) groups is 1. The predicted octanol–water partition coefficient (Wildman–Crippen LogP) is 3.78. The molecular weight excluding hydrogens is 354 g/mol. The topological polar surface area (TPSA) is 63.9 Å². The van der Waals surface area contributed by atoms with Crippen LogP contribution in [-0.2, 0) is 4.79 Å². The van der Waals surface area contributed by atoms with Crippen LogP contribution in [0.4, 0.5) is 0 Å². The maximum Gasteiger partial charge on any atom is 0.233 e. The molecule has 0 spiro atoms. The van der Waals surface area contributed by atoms with Crippen LogP contribution in [0.5, 0.6) is 0 Å². The summed E-state index contributed by atoms with van der Waals surface area (Å²) < 4.78 is 3.11. The lowest BCUT2D eigenvalue weighted by atomic mass is 10.3. The molecule has 1 aromatic carbocycles. The molecule has 0 unspecified atom stereocenters. The molecule has 8 heteroatoms. The Labute approximate surface area is 155 Å². The fraction of sp³-hybridized carbons (Fsp3) is 0.412. The molecular formula is C17H21N5OS2. The summed E-state index contributed by atoms with van der Waals surface area (Å²) in [5.41, 5.74) is 0.981. The van der Waals surface area contributed by atoms with E-state index in [2.05, 4.69) is 35.1 Å². The van der Waals surface area contributed by atoms with Gasteiger partial charge in [-0.05, 0) is 32.9 Å². The molecule has 3 aromatic rings. The van der Waals surface area contributed by atoms with Crippen molar-refractivity contribution in [2.24, 2.45) is 0 Å². The molecule has 0 radical (unpaired) electrons. The van der Waals surface area contributed by atoms with Gasteiger partial charge in [0.1, 0.15) is 11.3 Å². The Balaban J connectivity index is 1.66. The van der Waals surface area contributed by atoms with E-state index in [1.165, 1.54) is 11.8 Å². The Hall–Kier alpha value is -1.93. The number of benzene rings is 1. The highest BCUT2D eigenvalue weighted by Gasteiger charge is 2.21. The summed E-state index contributed by atoms with van der Waals surface area (Å²) in [6.45, 7) is 6.14. The van der Waals surface area contributed by atoms with E-state index in [4.69, 9.17) is 0 Å². The van der Waals surface area contributed by atoms with Crippen molar-refractivity contribution in [3.63, 3.8) is 0 Å². The van der Waals surface area contributed by atoms with Gasteiger partial charge in [-0.3, -0.25) is 4.79 Å². The number of aromatic nitrogens is 4. The monoisotopic (exact) mass is 375 g/mol. The van der Waals surface area contributed by atoms with Gasteiger partial charge < -0.3 is 9.47 Å². The van der Waals surface area contributed by atoms with Crippen molar-refractivity contribution in [3.05, 3.63) is 35.6 Å². The number of fused-ring (bicyclic) bond motifs is 1. The number of thioether (sulfide) groups is 1. The van der Waals surface area contributed by atoms with E-state index in [9.17, 15) is 4.79 Å². The molecule has 0 saturated heterocycles. The average Bonchev–Trinajstić information content (AvgIpc) is 3.24. The number of thiazole rings is 1. The molecule has 6 nitrogen and oxygen atoms in total. The van der Waals surface area contributed by atoms with Gasteiger partial charge in [0, 0.05) is 13.1 Å². The lowest BCUT2D eigenvalue weighted by Crippen LogP contribution is -2.31. The highest BCUT2D eigenvalue weighted by Crippen LogP contribution is 2.29. The number of amides is 1. The molecule has 0 fully saturated rings. The Kier molecular flexibility index (Phi) is 5.39. The second-order valence-electron chi connectivity index (χ2n) is 6.10. The highest BCUT2D eigenvalue weighted by atomic mass is 32.2. The summed E-state index contributed by atoms with van der Waals surface area (Å²) in [5, 5.41) is 9.75. The van der Waals surface area contributed by atoms with Gasteiger partial charge in [-0.2, -0.15) is 0 Å². The predicted molar refractivity (Wildman–Crippen MR) is 102 cm³/mol. The number of para-hydroxylation sites is 1. The first-order valence-corrected chi connectivity index (χ1v) is 9.91. The highest BCUT2D eigenvalue weighted by molar-refractivity contribution is 7.99. The van der Waals surface area contributed by atoms with E-state index in [0.29, 0.717) is 5.75 Å². The van der Waals surface area contributed by atoms with Crippen molar-refractivity contribution in [2.45, 2.75) is 38.0 Å². The maximum atomic E-state index is 12.6. The molecule has 0 aliphatic carbocycles. The molecule has 2 aromatic heterocycles. The molecule has 3 rings (SSSR count). The van der Waals surface area contributed by atoms with Gasteiger partial charge in [0.25, 0.3) is 0 Å². The van der Waals surface area contributed by atoms with Crippen LogP contribution in [0.25, 0.3) is 10.2 Å². The zero-order chi connectivity index (χ0) is 18.0. The average molecular weight is 376 g/mol. The number of rotatable bonds is 6. The Morgan fingerprint density at radius 3 is 2.80 bits per heavy atom. The van der Waals surface area contributed by atoms with Crippen molar-refractivity contribution >= 4 is 39.2 Å². The molecule has 2 heterocycles. The van der Waals surface area contributed by atoms with E-state index in [1.807, 2.05) is 36.7 Å². The third kappa shape index (κ3) is 3.85. The van der Waals surface area contributed by atoms with Crippen molar-refractivity contribution < 1.29 is 4.79 Å². The number of carbonyl (C=O) groups excluding carboxylic acids is 1. The molecule has 25 heavy (non-hydrogen) atoms. The number of nitrogens with zero attached hydrogens (tertiary/aromatic N) is 5. The largest absolute Gasteiger partial charge is 0.336 e. The van der Waals surface area contributed by atoms with Crippen LogP contribution in [0.2, 0.25) is 0 Å². The second kappa shape index (κ2) is 7.53. The van der Waals surface area contributed by atoms with E-state index in [-0.39, 0.29) is 18.0 Å². The van der Waals surface area contributed by atoms with Gasteiger partial charge in [0.2, 0.25) is 5.91 Å². The van der Waals surface area contributed by atoms with Crippen LogP contribution in [0.15, 0.2) is 35.7 Å². The normalized spacial score (nSPS) is 12.7. The molecule has 132 valence electrons. The number of hydrogen-bond acceptors (Lipinski definition) is 6. The smallest absolute Gasteiger partial charge is 0.233 e. The lowest BCUT2D eigenvalue weighted by molar-refractivity contribution is -0.128. The molecule has 0 saturated carbocycles. The van der Waals surface area contributed by atoms with Crippen LogP contribution in [0, 0.1) is 0 Å². The fourth-order valence-electron chi connectivity index (χ4n) is 2.37. The van der Waals surface area contributed by atoms with Crippen LogP contribution in [0.3, 0.4) is 0 Å². The van der Waals surface area contributed by atoms with Gasteiger partial charge >= 0.3 is 0 Å². The fourth-order valence-corrected chi connectivity index (χ4v) is 4.40. The zero-order valence-corrected chi connectivity index (χ0v) is 16.3. The van der Waals surface area contributed by atoms with Crippen molar-refractivity contribution in [1.82, 2.24) is 24.6 Å². The number of hydrogen-bond donors (Lipinski definition) is 0. The molecule has 1 atom stereocenters. The van der Waals surface area contributed by atoms with E-state index in [0.717, 1.165) is 20.4 Å². The summed E-state index contributed by atoms with van der Waals surface area (Å²) in [5.74, 6) is 0.381. The minimum atomic E-state index is -0.0616. The van der Waals surface area contributed by atoms with Crippen molar-refractivity contribution in [2.75, 3.05) is 12.8 Å². The third-order valence-electron chi connectivity index (χ3n) is 4.06. The Bertz CT molecular complexity index is 840. The molecule has 0 bridgehead atoms. The first-order valence-electron chi connectivity index (χ1n) is 8.10. The van der Waals surface area contributed by atoms with Gasteiger partial charge in [0.15, 0.2) is 5.16 Å². The summed E-state index contributed by atoms with van der Waals surface area (Å²) in [6, 6.07) is 8.25. The van der Waals surface area contributed by atoms with Gasteiger partial charge in [-0.15, -0.1) is 21.5 Å². The standard InChI is InChI=1S/C17H21N5OS2/c1-11(2)22-10-18-20-17(22)24-9-15(23)21(4)12(3)16-19-13-7-5-6-8-14(13)25-16/h5-8,10-12H,9H2,1-4H3/t12-/m0/s1. The van der Waals surface area contributed by atoms with E-state index >= 15 is 0 Å². The van der Waals surface area contributed by atoms with E-state index < -0.39 is 0 Å². The summed E-state index contributed by atoms with van der Waals surface area (Å²) in [6.07, 6.45) is 1.70. The van der Waals surface area contributed by atoms with Crippen LogP contribution >= 0.6 is 23.1 Å². The summed E-state index contributed by atoms with van der Waals surface area (Å²) >= 11 is 3.05. The van der Waals surface area contributed by atoms with Gasteiger partial charge in [-0.25, -0.2) is 4.98 Å². The van der Waals surface area contributed by atoms with Gasteiger partial charge in [0.05, 0.1) is 22.0 Å². The molecule has 0 aliphatic heterocycles. The second-order valence-corrected chi connectivity index (χ2v) is 8.11. The summed E-state index contributed by atoms with van der Waals surface area (Å²) in [7, 11) is 1.83. The van der Waals surface area contributed by atoms with Crippen molar-refractivity contribution in [1.29, 1.82) is 0 Å². The minimum absolute atomic E-state index is 0.0510. The van der Waals surface area contributed by atoms with Crippen LogP contribution < -0.4 is 0 Å². The molecule has 0 aliphatic rings. The molecule has 1 amide bonds. The SMILES string of the molecule is CC(C)n1cnnc1SCC(=O)N(C)[C@@H](C)c1nc2ccccc2s1. The third-order valence-corrected chi connectivity index (χ3v) is 6.21. The Morgan fingerprint density at radius 1 is 1.32 bits per heavy atom. The quantitative estimate of drug-likeness (QED) is 0.614. The lowest BCUT2D eigenvalue weighted by Gasteiger charge is -2.23. The molecule has 0 N–H and O–H groups in total. The minimum Gasteiger partial charge on any atom is -0.336 e. The summed E-state index contributed by atoms with van der Waals surface area (Å²) in [4.78, 5) is 19.0. The van der Waals surface area contributed by atoms with Crippen LogP contribution in [0.1, 0.15) is 37.9 Å². The first kappa shape index (κ1) is 17.9. The van der Waals surface area contributed by atoms with Crippen molar-refractivity contribution in [3.8, 4) is 0 Å². The zero-order valence-electron chi connectivity index (χ0n) is 14.7. The van der Waals surface area contributed by atoms with Gasteiger partial charge in [-0.1, -0.05) is 23.9 Å². The van der Waals surface area contributed by atoms with Crippen LogP contribution in [-0.4, -0.2) is 43.4 Å².